The van der Waals surface area contributed by atoms with Gasteiger partial charge in [0.05, 0.1) is 0 Å². The molecule has 0 saturated heterocycles. The van der Waals surface area contributed by atoms with Crippen LogP contribution in [0.15, 0.2) is 18.2 Å². The summed E-state index contributed by atoms with van der Waals surface area (Å²) in [6.07, 6.45) is 0. The smallest absolute Gasteiger partial charge is 0.258 e. The second-order valence-corrected chi connectivity index (χ2v) is 5.42. The molecule has 0 bridgehead atoms. The Morgan fingerprint density at radius 1 is 1.33 bits per heavy atom. The average Bonchev–Trinajstić information content (AvgIpc) is 2.43. The number of hydrogen-bond donors (Lipinski definition) is 2. The number of amides is 1. The molecule has 0 fully saturated rings. The molecule has 1 atom stereocenters. The Hall–Kier alpha value is -1.62. The fourth-order valence-electron chi connectivity index (χ4n) is 1.69. The van der Waals surface area contributed by atoms with E-state index in [1.54, 1.807) is 6.07 Å². The predicted octanol–water partition coefficient (Wildman–Crippen LogP) is 2.47. The molecule has 1 aromatic carbocycles. The molecule has 5 heteroatoms. The quantitative estimate of drug-likeness (QED) is 0.775. The van der Waals surface area contributed by atoms with E-state index >= 15 is 0 Å². The fourth-order valence-corrected chi connectivity index (χ4v) is 1.69. The molecule has 0 heterocycles. The highest BCUT2D eigenvalue weighted by Gasteiger charge is 2.12. The SMILES string of the molecule is CCNCc1cc(F)ccc1OCC(=O)NC(C)C(C)C. The highest BCUT2D eigenvalue weighted by atomic mass is 19.1. The van der Waals surface area contributed by atoms with Crippen molar-refractivity contribution in [1.82, 2.24) is 10.6 Å². The molecule has 21 heavy (non-hydrogen) atoms. The lowest BCUT2D eigenvalue weighted by Gasteiger charge is -2.18. The number of nitrogens with one attached hydrogen (secondary N) is 2. The van der Waals surface area contributed by atoms with Crippen molar-refractivity contribution in [3.63, 3.8) is 0 Å². The van der Waals surface area contributed by atoms with E-state index in [4.69, 9.17) is 4.74 Å². The number of ether oxygens (including phenoxy) is 1. The van der Waals surface area contributed by atoms with Crippen molar-refractivity contribution in [2.75, 3.05) is 13.2 Å². The van der Waals surface area contributed by atoms with Gasteiger partial charge in [-0.25, -0.2) is 4.39 Å². The zero-order valence-electron chi connectivity index (χ0n) is 13.2. The Kier molecular flexibility index (Phi) is 7.15. The zero-order valence-corrected chi connectivity index (χ0v) is 13.2. The Bertz CT molecular complexity index is 464. The van der Waals surface area contributed by atoms with Crippen LogP contribution in [0.25, 0.3) is 0 Å². The minimum atomic E-state index is -0.312. The third kappa shape index (κ3) is 6.12. The molecule has 0 aliphatic rings. The molecule has 4 nitrogen and oxygen atoms in total. The molecule has 1 rings (SSSR count). The number of carbonyl (C=O) groups excluding carboxylic acids is 1. The molecule has 0 spiro atoms. The maximum Gasteiger partial charge on any atom is 0.258 e. The largest absolute Gasteiger partial charge is 0.483 e. The molecule has 0 radical (unpaired) electrons. The van der Waals surface area contributed by atoms with E-state index in [1.165, 1.54) is 12.1 Å². The lowest BCUT2D eigenvalue weighted by atomic mass is 10.1. The molecule has 0 aliphatic carbocycles. The molecule has 1 aromatic rings. The summed E-state index contributed by atoms with van der Waals surface area (Å²) in [6, 6.07) is 4.41. The summed E-state index contributed by atoms with van der Waals surface area (Å²) in [5.74, 6) is 0.414. The fraction of sp³-hybridized carbons (Fsp3) is 0.562. The van der Waals surface area contributed by atoms with Gasteiger partial charge in [-0.2, -0.15) is 0 Å². The summed E-state index contributed by atoms with van der Waals surface area (Å²) in [7, 11) is 0. The van der Waals surface area contributed by atoms with Gasteiger partial charge in [-0.3, -0.25) is 4.79 Å². The first-order valence-corrected chi connectivity index (χ1v) is 7.35. The van der Waals surface area contributed by atoms with Crippen LogP contribution in [0.3, 0.4) is 0 Å². The minimum Gasteiger partial charge on any atom is -0.483 e. The lowest BCUT2D eigenvalue weighted by molar-refractivity contribution is -0.124. The van der Waals surface area contributed by atoms with E-state index < -0.39 is 0 Å². The van der Waals surface area contributed by atoms with Gasteiger partial charge in [0.2, 0.25) is 0 Å². The van der Waals surface area contributed by atoms with Gasteiger partial charge in [-0.05, 0) is 37.6 Å². The minimum absolute atomic E-state index is 0.0676. The second-order valence-electron chi connectivity index (χ2n) is 5.42. The van der Waals surface area contributed by atoms with E-state index in [2.05, 4.69) is 10.6 Å². The van der Waals surface area contributed by atoms with Crippen LogP contribution >= 0.6 is 0 Å². The summed E-state index contributed by atoms with van der Waals surface area (Å²) in [4.78, 5) is 11.8. The third-order valence-electron chi connectivity index (χ3n) is 3.34. The summed E-state index contributed by atoms with van der Waals surface area (Å²) in [5, 5.41) is 5.99. The topological polar surface area (TPSA) is 50.4 Å². The standard InChI is InChI=1S/C16H25FN2O2/c1-5-18-9-13-8-14(17)6-7-15(13)21-10-16(20)19-12(4)11(2)3/h6-8,11-12,18H,5,9-10H2,1-4H3,(H,19,20). The van der Waals surface area contributed by atoms with Crippen LogP contribution in [0.5, 0.6) is 5.75 Å². The average molecular weight is 296 g/mol. The monoisotopic (exact) mass is 296 g/mol. The maximum atomic E-state index is 13.3. The number of halogens is 1. The summed E-state index contributed by atoms with van der Waals surface area (Å²) in [5.41, 5.74) is 0.710. The number of hydrogen-bond acceptors (Lipinski definition) is 3. The molecular weight excluding hydrogens is 271 g/mol. The molecule has 0 aromatic heterocycles. The van der Waals surface area contributed by atoms with E-state index in [0.717, 1.165) is 6.54 Å². The van der Waals surface area contributed by atoms with E-state index in [1.807, 2.05) is 27.7 Å². The van der Waals surface area contributed by atoms with Crippen LogP contribution in [0.4, 0.5) is 4.39 Å². The van der Waals surface area contributed by atoms with Crippen LogP contribution in [0, 0.1) is 11.7 Å². The zero-order chi connectivity index (χ0) is 15.8. The summed E-state index contributed by atoms with van der Waals surface area (Å²) in [6.45, 7) is 9.23. The van der Waals surface area contributed by atoms with Crippen molar-refractivity contribution in [1.29, 1.82) is 0 Å². The second kappa shape index (κ2) is 8.62. The van der Waals surface area contributed by atoms with Gasteiger partial charge < -0.3 is 15.4 Å². The van der Waals surface area contributed by atoms with Gasteiger partial charge in [0.25, 0.3) is 5.91 Å². The van der Waals surface area contributed by atoms with Crippen LogP contribution in [0.2, 0.25) is 0 Å². The molecule has 118 valence electrons. The van der Waals surface area contributed by atoms with Crippen molar-refractivity contribution in [3.8, 4) is 5.75 Å². The molecule has 1 unspecified atom stereocenters. The molecule has 0 saturated carbocycles. The first-order chi connectivity index (χ1) is 9.93. The van der Waals surface area contributed by atoms with Crippen molar-refractivity contribution >= 4 is 5.91 Å². The summed E-state index contributed by atoms with van der Waals surface area (Å²) < 4.78 is 18.8. The Morgan fingerprint density at radius 2 is 2.05 bits per heavy atom. The molecule has 0 aliphatic heterocycles. The van der Waals surface area contributed by atoms with E-state index in [9.17, 15) is 9.18 Å². The summed E-state index contributed by atoms with van der Waals surface area (Å²) >= 11 is 0. The van der Waals surface area contributed by atoms with Gasteiger partial charge >= 0.3 is 0 Å². The van der Waals surface area contributed by atoms with Crippen molar-refractivity contribution in [2.24, 2.45) is 5.92 Å². The first-order valence-electron chi connectivity index (χ1n) is 7.35. The van der Waals surface area contributed by atoms with Gasteiger partial charge in [-0.1, -0.05) is 20.8 Å². The van der Waals surface area contributed by atoms with Gasteiger partial charge in [0.15, 0.2) is 6.61 Å². The number of rotatable bonds is 8. The molecule has 1 amide bonds. The number of carbonyl (C=O) groups is 1. The highest BCUT2D eigenvalue weighted by molar-refractivity contribution is 5.77. The van der Waals surface area contributed by atoms with Gasteiger partial charge in [0, 0.05) is 18.2 Å². The molecule has 2 N–H and O–H groups in total. The maximum absolute atomic E-state index is 13.3. The van der Waals surface area contributed by atoms with Crippen LogP contribution in [-0.2, 0) is 11.3 Å². The Morgan fingerprint density at radius 3 is 2.67 bits per heavy atom. The molecular formula is C16H25FN2O2. The van der Waals surface area contributed by atoms with Crippen molar-refractivity contribution in [3.05, 3.63) is 29.6 Å². The number of benzene rings is 1. The van der Waals surface area contributed by atoms with Crippen LogP contribution in [-0.4, -0.2) is 25.1 Å². The predicted molar refractivity (Wildman–Crippen MR) is 81.7 cm³/mol. The van der Waals surface area contributed by atoms with Crippen LogP contribution in [0.1, 0.15) is 33.3 Å². The first kappa shape index (κ1) is 17.4. The van der Waals surface area contributed by atoms with Gasteiger partial charge in [-0.15, -0.1) is 0 Å². The Labute approximate surface area is 126 Å². The van der Waals surface area contributed by atoms with Gasteiger partial charge in [0.1, 0.15) is 11.6 Å². The third-order valence-corrected chi connectivity index (χ3v) is 3.34. The highest BCUT2D eigenvalue weighted by Crippen LogP contribution is 2.19. The normalized spacial score (nSPS) is 12.3. The van der Waals surface area contributed by atoms with E-state index in [-0.39, 0.29) is 24.4 Å². The van der Waals surface area contributed by atoms with E-state index in [0.29, 0.717) is 23.8 Å². The lowest BCUT2D eigenvalue weighted by Crippen LogP contribution is -2.39. The van der Waals surface area contributed by atoms with Crippen molar-refractivity contribution < 1.29 is 13.9 Å². The van der Waals surface area contributed by atoms with Crippen LogP contribution < -0.4 is 15.4 Å². The Balaban J connectivity index is 2.59. The van der Waals surface area contributed by atoms with Crippen molar-refractivity contribution in [2.45, 2.75) is 40.3 Å².